The molecule has 0 aliphatic heterocycles. The van der Waals surface area contributed by atoms with Crippen LogP contribution >= 0.6 is 0 Å². The third-order valence-corrected chi connectivity index (χ3v) is 4.20. The van der Waals surface area contributed by atoms with Gasteiger partial charge < -0.3 is 14.8 Å². The molecular formula is C23H27NO5. The molecule has 0 heterocycles. The monoisotopic (exact) mass is 397 g/mol. The summed E-state index contributed by atoms with van der Waals surface area (Å²) in [6.45, 7) is 2.16. The van der Waals surface area contributed by atoms with E-state index in [1.54, 1.807) is 0 Å². The lowest BCUT2D eigenvalue weighted by Crippen LogP contribution is -2.42. The molecule has 0 saturated heterocycles. The highest BCUT2D eigenvalue weighted by atomic mass is 16.5. The molecule has 0 aliphatic carbocycles. The zero-order chi connectivity index (χ0) is 20.9. The van der Waals surface area contributed by atoms with E-state index in [1.165, 1.54) is 0 Å². The Labute approximate surface area is 171 Å². The molecule has 0 aromatic heterocycles. The molecule has 0 aliphatic rings. The molecule has 1 amide bonds. The number of esters is 2. The van der Waals surface area contributed by atoms with Crippen molar-refractivity contribution in [3.05, 3.63) is 71.8 Å². The molecule has 0 bridgehead atoms. The zero-order valence-electron chi connectivity index (χ0n) is 16.6. The van der Waals surface area contributed by atoms with Crippen LogP contribution in [0.5, 0.6) is 0 Å². The standard InChI is InChI=1S/C23H27NO5/c1-2-9-21(25)24-20(23(27)29-17-19-12-7-4-8-13-19)14-15-22(26)28-16-18-10-5-3-6-11-18/h3-8,10-13,20H,2,9,14-17H2,1H3,(H,24,25). The summed E-state index contributed by atoms with van der Waals surface area (Å²) >= 11 is 0. The summed E-state index contributed by atoms with van der Waals surface area (Å²) in [6, 6.07) is 17.7. The maximum Gasteiger partial charge on any atom is 0.328 e. The second-order valence-electron chi connectivity index (χ2n) is 6.65. The van der Waals surface area contributed by atoms with Crippen LogP contribution in [0.3, 0.4) is 0 Å². The van der Waals surface area contributed by atoms with Crippen LogP contribution in [0.2, 0.25) is 0 Å². The van der Waals surface area contributed by atoms with E-state index in [9.17, 15) is 14.4 Å². The second kappa shape index (κ2) is 12.3. The van der Waals surface area contributed by atoms with Crippen LogP contribution in [0.1, 0.15) is 43.7 Å². The van der Waals surface area contributed by atoms with Crippen molar-refractivity contribution < 1.29 is 23.9 Å². The van der Waals surface area contributed by atoms with Crippen molar-refractivity contribution in [3.8, 4) is 0 Å². The lowest BCUT2D eigenvalue weighted by Gasteiger charge is -2.17. The fourth-order valence-corrected chi connectivity index (χ4v) is 2.64. The summed E-state index contributed by atoms with van der Waals surface area (Å²) < 4.78 is 10.6. The molecule has 1 N–H and O–H groups in total. The van der Waals surface area contributed by atoms with E-state index >= 15 is 0 Å². The molecule has 2 aromatic rings. The second-order valence-corrected chi connectivity index (χ2v) is 6.65. The summed E-state index contributed by atoms with van der Waals surface area (Å²) in [5, 5.41) is 2.66. The lowest BCUT2D eigenvalue weighted by molar-refractivity contribution is -0.150. The van der Waals surface area contributed by atoms with E-state index in [0.29, 0.717) is 12.8 Å². The van der Waals surface area contributed by atoms with Gasteiger partial charge in [-0.05, 0) is 24.0 Å². The molecule has 154 valence electrons. The fourth-order valence-electron chi connectivity index (χ4n) is 2.64. The first-order valence-corrected chi connectivity index (χ1v) is 9.78. The summed E-state index contributed by atoms with van der Waals surface area (Å²) in [4.78, 5) is 36.5. The highest BCUT2D eigenvalue weighted by molar-refractivity contribution is 5.85. The Morgan fingerprint density at radius 1 is 0.828 bits per heavy atom. The molecule has 1 atom stereocenters. The Hall–Kier alpha value is -3.15. The van der Waals surface area contributed by atoms with Crippen LogP contribution in [0.4, 0.5) is 0 Å². The van der Waals surface area contributed by atoms with Gasteiger partial charge in [-0.25, -0.2) is 4.79 Å². The van der Waals surface area contributed by atoms with Gasteiger partial charge in [0.1, 0.15) is 19.3 Å². The smallest absolute Gasteiger partial charge is 0.328 e. The van der Waals surface area contributed by atoms with E-state index in [4.69, 9.17) is 9.47 Å². The largest absolute Gasteiger partial charge is 0.461 e. The van der Waals surface area contributed by atoms with E-state index in [0.717, 1.165) is 11.1 Å². The fraction of sp³-hybridized carbons (Fsp3) is 0.348. The van der Waals surface area contributed by atoms with E-state index in [2.05, 4.69) is 5.32 Å². The lowest BCUT2D eigenvalue weighted by atomic mass is 10.1. The first-order chi connectivity index (χ1) is 14.1. The molecule has 2 aromatic carbocycles. The van der Waals surface area contributed by atoms with Crippen LogP contribution in [-0.2, 0) is 37.1 Å². The van der Waals surface area contributed by atoms with Gasteiger partial charge in [-0.1, -0.05) is 67.6 Å². The Morgan fingerprint density at radius 3 is 1.93 bits per heavy atom. The molecule has 0 fully saturated rings. The van der Waals surface area contributed by atoms with Crippen LogP contribution < -0.4 is 5.32 Å². The van der Waals surface area contributed by atoms with Crippen LogP contribution in [-0.4, -0.2) is 23.9 Å². The summed E-state index contributed by atoms with van der Waals surface area (Å²) in [5.41, 5.74) is 1.73. The van der Waals surface area contributed by atoms with Crippen molar-refractivity contribution in [2.45, 2.75) is 51.9 Å². The maximum absolute atomic E-state index is 12.5. The van der Waals surface area contributed by atoms with Crippen LogP contribution in [0.25, 0.3) is 0 Å². The number of ether oxygens (including phenoxy) is 2. The van der Waals surface area contributed by atoms with Gasteiger partial charge in [-0.3, -0.25) is 9.59 Å². The number of amides is 1. The molecule has 1 unspecified atom stereocenters. The molecule has 0 saturated carbocycles. The van der Waals surface area contributed by atoms with E-state index in [-0.39, 0.29) is 32.0 Å². The molecule has 0 spiro atoms. The average Bonchev–Trinajstić information content (AvgIpc) is 2.75. The molecule has 6 nitrogen and oxygen atoms in total. The first-order valence-electron chi connectivity index (χ1n) is 9.78. The third kappa shape index (κ3) is 8.60. The average molecular weight is 397 g/mol. The number of nitrogens with one attached hydrogen (secondary N) is 1. The van der Waals surface area contributed by atoms with Gasteiger partial charge in [-0.2, -0.15) is 0 Å². The predicted octanol–water partition coefficient (Wildman–Crippen LogP) is 3.54. The van der Waals surface area contributed by atoms with E-state index in [1.807, 2.05) is 67.6 Å². The predicted molar refractivity (Wildman–Crippen MR) is 109 cm³/mol. The van der Waals surface area contributed by atoms with Crippen molar-refractivity contribution in [3.63, 3.8) is 0 Å². The Morgan fingerprint density at radius 2 is 1.38 bits per heavy atom. The minimum absolute atomic E-state index is 0.00431. The zero-order valence-corrected chi connectivity index (χ0v) is 16.6. The van der Waals surface area contributed by atoms with Crippen molar-refractivity contribution in [1.29, 1.82) is 0 Å². The summed E-state index contributed by atoms with van der Waals surface area (Å²) in [6.07, 6.45) is 1.10. The van der Waals surface area contributed by atoms with Crippen LogP contribution in [0, 0.1) is 0 Å². The quantitative estimate of drug-likeness (QED) is 0.587. The third-order valence-electron chi connectivity index (χ3n) is 4.20. The molecule has 29 heavy (non-hydrogen) atoms. The highest BCUT2D eigenvalue weighted by Gasteiger charge is 2.23. The highest BCUT2D eigenvalue weighted by Crippen LogP contribution is 2.08. The van der Waals surface area contributed by atoms with Crippen LogP contribution in [0.15, 0.2) is 60.7 Å². The van der Waals surface area contributed by atoms with Gasteiger partial charge in [-0.15, -0.1) is 0 Å². The number of benzene rings is 2. The van der Waals surface area contributed by atoms with Gasteiger partial charge in [0, 0.05) is 12.8 Å². The van der Waals surface area contributed by atoms with Gasteiger partial charge >= 0.3 is 11.9 Å². The van der Waals surface area contributed by atoms with Gasteiger partial charge in [0.2, 0.25) is 5.91 Å². The van der Waals surface area contributed by atoms with E-state index < -0.39 is 18.0 Å². The van der Waals surface area contributed by atoms with Gasteiger partial charge in [0.05, 0.1) is 0 Å². The summed E-state index contributed by atoms with van der Waals surface area (Å²) in [5.74, 6) is -1.24. The number of hydrogen-bond acceptors (Lipinski definition) is 5. The number of carbonyl (C=O) groups is 3. The SMILES string of the molecule is CCCC(=O)NC(CCC(=O)OCc1ccccc1)C(=O)OCc1ccccc1. The molecular weight excluding hydrogens is 370 g/mol. The number of carbonyl (C=O) groups excluding carboxylic acids is 3. The van der Waals surface area contributed by atoms with Crippen molar-refractivity contribution in [2.24, 2.45) is 0 Å². The van der Waals surface area contributed by atoms with Gasteiger partial charge in [0.15, 0.2) is 0 Å². The minimum Gasteiger partial charge on any atom is -0.461 e. The number of rotatable bonds is 11. The molecule has 2 rings (SSSR count). The van der Waals surface area contributed by atoms with Crippen molar-refractivity contribution >= 4 is 17.8 Å². The Kier molecular flexibility index (Phi) is 9.42. The Balaban J connectivity index is 1.85. The summed E-state index contributed by atoms with van der Waals surface area (Å²) in [7, 11) is 0. The first kappa shape index (κ1) is 22.1. The Bertz CT molecular complexity index is 776. The maximum atomic E-state index is 12.5. The minimum atomic E-state index is -0.887. The van der Waals surface area contributed by atoms with Crippen molar-refractivity contribution in [2.75, 3.05) is 0 Å². The topological polar surface area (TPSA) is 81.7 Å². The van der Waals surface area contributed by atoms with Crippen molar-refractivity contribution in [1.82, 2.24) is 5.32 Å². The van der Waals surface area contributed by atoms with Gasteiger partial charge in [0.25, 0.3) is 0 Å². The number of hydrogen-bond donors (Lipinski definition) is 1. The normalized spacial score (nSPS) is 11.3. The molecule has 0 radical (unpaired) electrons. The molecule has 6 heteroatoms.